The number of amides is 1. The number of hydrogen-bond acceptors (Lipinski definition) is 7. The molecule has 2 fully saturated rings. The number of hydrogen-bond donors (Lipinski definition) is 0. The molecule has 2 atom stereocenters. The highest BCUT2D eigenvalue weighted by Crippen LogP contribution is 2.25. The minimum absolute atomic E-state index is 0.0811. The Labute approximate surface area is 252 Å². The molecule has 6 rings (SSSR count). The molecule has 2 aromatic heterocycles. The van der Waals surface area contributed by atoms with Crippen LogP contribution in [0.3, 0.4) is 0 Å². The van der Waals surface area contributed by atoms with Crippen LogP contribution in [0.15, 0.2) is 71.5 Å². The molecule has 2 aromatic carbocycles. The van der Waals surface area contributed by atoms with Gasteiger partial charge in [0.2, 0.25) is 0 Å². The van der Waals surface area contributed by atoms with Gasteiger partial charge < -0.3 is 28.4 Å². The SMILES string of the molecule is C[C@H](OC1CCCCO1)c1nccn1Cc1cc(-c2ccc(C#Cc3ccc(C(=O)N4CCN(C)CC4)cc3)cc2)on1. The van der Waals surface area contributed by atoms with E-state index in [1.54, 1.807) is 6.20 Å². The van der Waals surface area contributed by atoms with Gasteiger partial charge in [-0.1, -0.05) is 17.0 Å². The van der Waals surface area contributed by atoms with Gasteiger partial charge in [-0.25, -0.2) is 4.98 Å². The number of imidazole rings is 1. The molecule has 1 amide bonds. The molecular weight excluding hydrogens is 542 g/mol. The Morgan fingerprint density at radius 1 is 1.02 bits per heavy atom. The molecule has 2 aliphatic rings. The van der Waals surface area contributed by atoms with E-state index in [2.05, 4.69) is 33.9 Å². The van der Waals surface area contributed by atoms with Gasteiger partial charge in [0.25, 0.3) is 5.91 Å². The summed E-state index contributed by atoms with van der Waals surface area (Å²) in [6, 6.07) is 17.4. The average molecular weight is 580 g/mol. The standard InChI is InChI=1S/C34H37N5O4/c1-25(42-32-5-3-4-22-41-32)33-35-16-17-39(33)24-30-23-31(43-36-30)28-12-8-26(9-13-28)6-7-27-10-14-29(15-11-27)34(40)38-20-18-37(2)19-21-38/h8-17,23,25,32H,3-5,18-22,24H2,1-2H3/t25-,32?/m0/s1. The van der Waals surface area contributed by atoms with Crippen molar-refractivity contribution in [3.63, 3.8) is 0 Å². The van der Waals surface area contributed by atoms with E-state index in [1.807, 2.05) is 77.2 Å². The topological polar surface area (TPSA) is 85.9 Å². The Balaban J connectivity index is 1.05. The first kappa shape index (κ1) is 28.9. The van der Waals surface area contributed by atoms with Crippen molar-refractivity contribution in [3.8, 4) is 23.2 Å². The highest BCUT2D eigenvalue weighted by Gasteiger charge is 2.22. The summed E-state index contributed by atoms with van der Waals surface area (Å²) < 4.78 is 19.5. The monoisotopic (exact) mass is 579 g/mol. The summed E-state index contributed by atoms with van der Waals surface area (Å²) in [6.07, 6.45) is 6.45. The fourth-order valence-electron chi connectivity index (χ4n) is 5.37. The van der Waals surface area contributed by atoms with Gasteiger partial charge >= 0.3 is 0 Å². The van der Waals surface area contributed by atoms with Crippen molar-refractivity contribution in [2.24, 2.45) is 0 Å². The maximum Gasteiger partial charge on any atom is 0.253 e. The molecular formula is C34H37N5O4. The van der Waals surface area contributed by atoms with Crippen LogP contribution in [-0.4, -0.2) is 76.5 Å². The summed E-state index contributed by atoms with van der Waals surface area (Å²) >= 11 is 0. The fourth-order valence-corrected chi connectivity index (χ4v) is 5.37. The van der Waals surface area contributed by atoms with Crippen molar-refractivity contribution in [1.29, 1.82) is 0 Å². The molecule has 1 unspecified atom stereocenters. The third-order valence-electron chi connectivity index (χ3n) is 7.94. The third-order valence-corrected chi connectivity index (χ3v) is 7.94. The van der Waals surface area contributed by atoms with E-state index in [0.29, 0.717) is 17.9 Å². The van der Waals surface area contributed by atoms with Crippen molar-refractivity contribution in [1.82, 2.24) is 24.5 Å². The minimum Gasteiger partial charge on any atom is -0.356 e. The van der Waals surface area contributed by atoms with Gasteiger partial charge in [-0.05, 0) is 81.8 Å². The normalized spacial score (nSPS) is 18.2. The van der Waals surface area contributed by atoms with Gasteiger partial charge in [0.15, 0.2) is 12.1 Å². The minimum atomic E-state index is -0.194. The van der Waals surface area contributed by atoms with Crippen LogP contribution in [0.2, 0.25) is 0 Å². The van der Waals surface area contributed by atoms with E-state index in [1.165, 1.54) is 0 Å². The molecule has 9 nitrogen and oxygen atoms in total. The predicted octanol–water partition coefficient (Wildman–Crippen LogP) is 4.98. The van der Waals surface area contributed by atoms with E-state index in [-0.39, 0.29) is 18.3 Å². The molecule has 222 valence electrons. The second-order valence-electron chi connectivity index (χ2n) is 11.2. The molecule has 9 heteroatoms. The summed E-state index contributed by atoms with van der Waals surface area (Å²) in [5, 5.41) is 4.29. The van der Waals surface area contributed by atoms with Gasteiger partial charge in [-0.3, -0.25) is 4.79 Å². The number of piperazine rings is 1. The number of carbonyl (C=O) groups is 1. The summed E-state index contributed by atoms with van der Waals surface area (Å²) in [5.74, 6) is 8.01. The zero-order chi connectivity index (χ0) is 29.6. The van der Waals surface area contributed by atoms with E-state index < -0.39 is 0 Å². The first-order valence-corrected chi connectivity index (χ1v) is 15.0. The van der Waals surface area contributed by atoms with Gasteiger partial charge in [-0.15, -0.1) is 0 Å². The van der Waals surface area contributed by atoms with Crippen LogP contribution in [0.4, 0.5) is 0 Å². The molecule has 2 saturated heterocycles. The summed E-state index contributed by atoms with van der Waals surface area (Å²) in [6.45, 7) is 6.62. The highest BCUT2D eigenvalue weighted by atomic mass is 16.7. The van der Waals surface area contributed by atoms with Crippen LogP contribution in [0.5, 0.6) is 0 Å². The lowest BCUT2D eigenvalue weighted by Crippen LogP contribution is -2.47. The second-order valence-corrected chi connectivity index (χ2v) is 11.2. The Morgan fingerprint density at radius 2 is 1.74 bits per heavy atom. The Bertz CT molecular complexity index is 1570. The van der Waals surface area contributed by atoms with Crippen LogP contribution in [0.1, 0.15) is 65.3 Å². The quantitative estimate of drug-likeness (QED) is 0.286. The van der Waals surface area contributed by atoms with E-state index in [9.17, 15) is 4.79 Å². The van der Waals surface area contributed by atoms with Crippen LogP contribution >= 0.6 is 0 Å². The lowest BCUT2D eigenvalue weighted by molar-refractivity contribution is -0.188. The zero-order valence-corrected chi connectivity index (χ0v) is 24.7. The van der Waals surface area contributed by atoms with Gasteiger partial charge in [-0.2, -0.15) is 0 Å². The lowest BCUT2D eigenvalue weighted by atomic mass is 10.1. The summed E-state index contributed by atoms with van der Waals surface area (Å²) in [4.78, 5) is 21.5. The Kier molecular flexibility index (Phi) is 8.99. The number of ether oxygens (including phenoxy) is 2. The number of carbonyl (C=O) groups excluding carboxylic acids is 1. The molecule has 4 heterocycles. The van der Waals surface area contributed by atoms with Gasteiger partial charge in [0.05, 0.1) is 6.54 Å². The molecule has 0 saturated carbocycles. The van der Waals surface area contributed by atoms with Crippen LogP contribution in [0, 0.1) is 11.8 Å². The van der Waals surface area contributed by atoms with Crippen LogP contribution in [0.25, 0.3) is 11.3 Å². The summed E-state index contributed by atoms with van der Waals surface area (Å²) in [5.41, 5.74) is 4.18. The van der Waals surface area contributed by atoms with Crippen molar-refractivity contribution >= 4 is 5.91 Å². The molecule has 43 heavy (non-hydrogen) atoms. The second kappa shape index (κ2) is 13.4. The molecule has 0 radical (unpaired) electrons. The molecule has 0 spiro atoms. The number of likely N-dealkylation sites (N-methyl/N-ethyl adjacent to an activating group) is 1. The van der Waals surface area contributed by atoms with Gasteiger partial charge in [0.1, 0.15) is 17.6 Å². The lowest BCUT2D eigenvalue weighted by Gasteiger charge is -2.32. The number of rotatable bonds is 7. The fraction of sp³-hybridized carbons (Fsp3) is 0.382. The molecule has 0 bridgehead atoms. The molecule has 0 aliphatic carbocycles. The number of nitrogens with zero attached hydrogens (tertiary/aromatic N) is 5. The first-order valence-electron chi connectivity index (χ1n) is 15.0. The Hall–Kier alpha value is -4.23. The largest absolute Gasteiger partial charge is 0.356 e. The highest BCUT2D eigenvalue weighted by molar-refractivity contribution is 5.94. The smallest absolute Gasteiger partial charge is 0.253 e. The van der Waals surface area contributed by atoms with Crippen molar-refractivity contribution in [2.45, 2.75) is 45.1 Å². The van der Waals surface area contributed by atoms with E-state index in [0.717, 1.165) is 80.3 Å². The van der Waals surface area contributed by atoms with E-state index >= 15 is 0 Å². The van der Waals surface area contributed by atoms with Crippen molar-refractivity contribution in [2.75, 3.05) is 39.8 Å². The Morgan fingerprint density at radius 3 is 2.44 bits per heavy atom. The maximum absolute atomic E-state index is 12.8. The maximum atomic E-state index is 12.8. The first-order chi connectivity index (χ1) is 21.0. The third kappa shape index (κ3) is 7.23. The molecule has 2 aliphatic heterocycles. The van der Waals surface area contributed by atoms with Crippen molar-refractivity contribution < 1.29 is 18.8 Å². The molecule has 0 N–H and O–H groups in total. The number of aromatic nitrogens is 3. The van der Waals surface area contributed by atoms with Crippen LogP contribution in [-0.2, 0) is 16.0 Å². The predicted molar refractivity (Wildman–Crippen MR) is 162 cm³/mol. The number of benzene rings is 2. The van der Waals surface area contributed by atoms with Gasteiger partial charge in [0, 0.05) is 73.5 Å². The van der Waals surface area contributed by atoms with Crippen LogP contribution < -0.4 is 0 Å². The van der Waals surface area contributed by atoms with Crippen molar-refractivity contribution in [3.05, 3.63) is 95.2 Å². The molecule has 4 aromatic rings. The zero-order valence-electron chi connectivity index (χ0n) is 24.7. The van der Waals surface area contributed by atoms with E-state index in [4.69, 9.17) is 14.0 Å². The average Bonchev–Trinajstić information content (AvgIpc) is 3.71. The summed E-state index contributed by atoms with van der Waals surface area (Å²) in [7, 11) is 2.08.